The van der Waals surface area contributed by atoms with Crippen molar-refractivity contribution in [3.63, 3.8) is 0 Å². The zero-order valence-corrected chi connectivity index (χ0v) is 19.4. The van der Waals surface area contributed by atoms with Crippen molar-refractivity contribution >= 4 is 43.0 Å². The summed E-state index contributed by atoms with van der Waals surface area (Å²) < 4.78 is 25.4. The second-order valence-corrected chi connectivity index (χ2v) is 10.1. The van der Waals surface area contributed by atoms with E-state index in [1.807, 2.05) is 54.6 Å². The van der Waals surface area contributed by atoms with E-state index in [9.17, 15) is 13.2 Å². The molecule has 5 rings (SSSR count). The van der Waals surface area contributed by atoms with Gasteiger partial charge in [0.25, 0.3) is 5.56 Å². The van der Waals surface area contributed by atoms with Crippen LogP contribution in [-0.2, 0) is 10.0 Å². The number of sulfonamides is 1. The third kappa shape index (κ3) is 4.05. The number of nitrogens with one attached hydrogen (secondary N) is 2. The van der Waals surface area contributed by atoms with E-state index in [0.717, 1.165) is 15.8 Å². The molecule has 4 N–H and O–H groups in total. The van der Waals surface area contributed by atoms with Gasteiger partial charge in [-0.05, 0) is 36.4 Å². The van der Waals surface area contributed by atoms with Crippen molar-refractivity contribution in [1.82, 2.24) is 14.8 Å². The van der Waals surface area contributed by atoms with Gasteiger partial charge in [-0.1, -0.05) is 60.4 Å². The number of aromatic nitrogens is 3. The molecule has 0 atom stereocenters. The molecule has 0 radical (unpaired) electrons. The average Bonchev–Trinajstić information content (AvgIpc) is 3.40. The fraction of sp³-hybridized carbons (Fsp3) is 0. The van der Waals surface area contributed by atoms with Crippen molar-refractivity contribution in [3.05, 3.63) is 101 Å². The van der Waals surface area contributed by atoms with Gasteiger partial charge < -0.3 is 5.32 Å². The summed E-state index contributed by atoms with van der Waals surface area (Å²) in [7, 11) is -3.80. The number of benzene rings is 3. The van der Waals surface area contributed by atoms with Crippen LogP contribution in [0.1, 0.15) is 5.56 Å². The van der Waals surface area contributed by atoms with Crippen molar-refractivity contribution in [3.8, 4) is 16.4 Å². The third-order valence-corrected chi connectivity index (χ3v) is 7.16. The van der Waals surface area contributed by atoms with Crippen molar-refractivity contribution in [2.75, 3.05) is 5.32 Å². The molecule has 34 heavy (non-hydrogen) atoms. The Morgan fingerprint density at radius 2 is 1.68 bits per heavy atom. The summed E-state index contributed by atoms with van der Waals surface area (Å²) in [6.45, 7) is 4.08. The summed E-state index contributed by atoms with van der Waals surface area (Å²) in [6, 6.07) is 23.0. The highest BCUT2D eigenvalue weighted by molar-refractivity contribution is 7.89. The second-order valence-electron chi connectivity index (χ2n) is 7.51. The van der Waals surface area contributed by atoms with E-state index in [1.165, 1.54) is 28.2 Å². The lowest BCUT2D eigenvalue weighted by molar-refractivity contribution is 0.598. The zero-order valence-electron chi connectivity index (χ0n) is 17.7. The van der Waals surface area contributed by atoms with Gasteiger partial charge in [-0.3, -0.25) is 9.89 Å². The average molecular weight is 490 g/mol. The highest BCUT2D eigenvalue weighted by Crippen LogP contribution is 2.29. The summed E-state index contributed by atoms with van der Waals surface area (Å²) in [5.41, 5.74) is 3.15. The number of para-hydroxylation sites is 1. The molecular weight excluding hydrogens is 470 g/mol. The Morgan fingerprint density at radius 1 is 1.00 bits per heavy atom. The summed E-state index contributed by atoms with van der Waals surface area (Å²) in [4.78, 5) is 18.2. The van der Waals surface area contributed by atoms with Gasteiger partial charge in [-0.2, -0.15) is 4.68 Å². The first-order valence-corrected chi connectivity index (χ1v) is 12.5. The van der Waals surface area contributed by atoms with Gasteiger partial charge in [0.05, 0.1) is 26.4 Å². The summed E-state index contributed by atoms with van der Waals surface area (Å²) in [5.74, 6) is 0. The normalized spacial score (nSPS) is 11.6. The van der Waals surface area contributed by atoms with Crippen LogP contribution in [0.25, 0.3) is 32.3 Å². The maximum absolute atomic E-state index is 13.6. The number of anilines is 1. The molecule has 0 bridgehead atoms. The van der Waals surface area contributed by atoms with E-state index < -0.39 is 10.0 Å². The van der Waals surface area contributed by atoms with Gasteiger partial charge in [-0.25, -0.2) is 18.5 Å². The van der Waals surface area contributed by atoms with Gasteiger partial charge in [0.1, 0.15) is 0 Å². The lowest BCUT2D eigenvalue weighted by atomic mass is 10.1. The molecule has 2 aromatic heterocycles. The van der Waals surface area contributed by atoms with Crippen molar-refractivity contribution in [2.24, 2.45) is 5.14 Å². The molecule has 0 saturated heterocycles. The van der Waals surface area contributed by atoms with Crippen LogP contribution < -0.4 is 16.0 Å². The fourth-order valence-corrected chi connectivity index (χ4v) is 5.03. The number of thiazole rings is 1. The van der Waals surface area contributed by atoms with Gasteiger partial charge in [0, 0.05) is 16.9 Å². The molecular formula is C24H19N5O3S2. The Labute approximate surface area is 199 Å². The number of fused-ring (bicyclic) bond motifs is 1. The maximum Gasteiger partial charge on any atom is 0.283 e. The summed E-state index contributed by atoms with van der Waals surface area (Å²) in [6.07, 6.45) is 0. The minimum Gasteiger partial charge on any atom is -0.355 e. The molecule has 170 valence electrons. The van der Waals surface area contributed by atoms with Gasteiger partial charge >= 0.3 is 0 Å². The predicted molar refractivity (Wildman–Crippen MR) is 135 cm³/mol. The lowest BCUT2D eigenvalue weighted by Crippen LogP contribution is -2.18. The summed E-state index contributed by atoms with van der Waals surface area (Å²) >= 11 is 1.40. The van der Waals surface area contributed by atoms with E-state index in [2.05, 4.69) is 22.0 Å². The van der Waals surface area contributed by atoms with E-state index in [1.54, 1.807) is 12.1 Å². The van der Waals surface area contributed by atoms with Crippen LogP contribution >= 0.6 is 11.3 Å². The van der Waals surface area contributed by atoms with E-state index in [0.29, 0.717) is 27.8 Å². The molecule has 3 aromatic carbocycles. The van der Waals surface area contributed by atoms with Crippen LogP contribution in [0, 0.1) is 0 Å². The van der Waals surface area contributed by atoms with Crippen LogP contribution in [0.4, 0.5) is 5.69 Å². The first-order valence-electron chi connectivity index (χ1n) is 10.2. The third-order valence-electron chi connectivity index (χ3n) is 5.21. The van der Waals surface area contributed by atoms with Crippen molar-refractivity contribution in [2.45, 2.75) is 4.90 Å². The number of H-pyrrole nitrogens is 1. The predicted octanol–water partition coefficient (Wildman–Crippen LogP) is 4.17. The highest BCUT2D eigenvalue weighted by atomic mass is 32.2. The molecule has 2 heterocycles. The zero-order chi connectivity index (χ0) is 23.9. The maximum atomic E-state index is 13.6. The molecule has 0 aliphatic heterocycles. The first kappa shape index (κ1) is 21.8. The van der Waals surface area contributed by atoms with Gasteiger partial charge in [-0.15, -0.1) is 0 Å². The number of hydrogen-bond acceptors (Lipinski definition) is 6. The SMILES string of the molecule is C=C(Nc1ccc(S(N)(=O)=O)cc1)c1c(-c2ccccc2)[nH]n(-c2nc3ccccc3s2)c1=O. The number of hydrogen-bond donors (Lipinski definition) is 3. The number of aromatic amines is 1. The number of nitrogens with two attached hydrogens (primary N) is 1. The molecule has 0 unspecified atom stereocenters. The minimum absolute atomic E-state index is 0.00604. The largest absolute Gasteiger partial charge is 0.355 e. The van der Waals surface area contributed by atoms with E-state index in [-0.39, 0.29) is 10.5 Å². The molecule has 8 nitrogen and oxygen atoms in total. The quantitative estimate of drug-likeness (QED) is 0.330. The van der Waals surface area contributed by atoms with E-state index >= 15 is 0 Å². The van der Waals surface area contributed by atoms with Crippen LogP contribution in [0.15, 0.2) is 95.1 Å². The summed E-state index contributed by atoms with van der Waals surface area (Å²) in [5, 5.41) is 12.0. The van der Waals surface area contributed by atoms with Gasteiger partial charge in [0.15, 0.2) is 0 Å². The molecule has 5 aromatic rings. The Hall–Kier alpha value is -3.99. The molecule has 0 aliphatic rings. The van der Waals surface area contributed by atoms with Crippen molar-refractivity contribution in [1.29, 1.82) is 0 Å². The van der Waals surface area contributed by atoms with Crippen LogP contribution in [0.2, 0.25) is 0 Å². The van der Waals surface area contributed by atoms with E-state index in [4.69, 9.17) is 5.14 Å². The van der Waals surface area contributed by atoms with Crippen LogP contribution in [-0.4, -0.2) is 23.2 Å². The first-order chi connectivity index (χ1) is 16.3. The molecule has 0 spiro atoms. The lowest BCUT2D eigenvalue weighted by Gasteiger charge is -2.10. The topological polar surface area (TPSA) is 123 Å². The Bertz CT molecular complexity index is 1650. The monoisotopic (exact) mass is 489 g/mol. The van der Waals surface area contributed by atoms with Crippen LogP contribution in [0.3, 0.4) is 0 Å². The number of primary sulfonamides is 1. The standard InChI is InChI=1S/C24H19N5O3S2/c1-15(26-17-11-13-18(14-12-17)34(25,31)32)21-22(16-7-3-2-4-8-16)28-29(23(21)30)24-27-19-9-5-6-10-20(19)33-24/h2-14,26,28H,1H2,(H2,25,31,32). The Balaban J connectivity index is 1.59. The van der Waals surface area contributed by atoms with Crippen LogP contribution in [0.5, 0.6) is 0 Å². The Kier molecular flexibility index (Phi) is 5.40. The smallest absolute Gasteiger partial charge is 0.283 e. The molecule has 10 heteroatoms. The molecule has 0 fully saturated rings. The molecule has 0 amide bonds. The number of rotatable bonds is 6. The second kappa shape index (κ2) is 8.41. The number of nitrogens with zero attached hydrogens (tertiary/aromatic N) is 2. The van der Waals surface area contributed by atoms with Crippen molar-refractivity contribution < 1.29 is 8.42 Å². The minimum atomic E-state index is -3.80. The molecule has 0 saturated carbocycles. The fourth-order valence-electron chi connectivity index (χ4n) is 3.59. The molecule has 0 aliphatic carbocycles. The highest BCUT2D eigenvalue weighted by Gasteiger charge is 2.21. The van der Waals surface area contributed by atoms with Gasteiger partial charge in [0.2, 0.25) is 15.2 Å². The Morgan fingerprint density at radius 3 is 2.35 bits per heavy atom.